The van der Waals surface area contributed by atoms with E-state index in [1.807, 2.05) is 41.3 Å². The van der Waals surface area contributed by atoms with E-state index >= 15 is 0 Å². The Hall–Kier alpha value is -2.82. The largest absolute Gasteiger partial charge is 0.493 e. The summed E-state index contributed by atoms with van der Waals surface area (Å²) >= 11 is 0. The average Bonchev–Trinajstić information content (AvgIpc) is 3.44. The first-order valence-electron chi connectivity index (χ1n) is 9.59. The highest BCUT2D eigenvalue weighted by atomic mass is 16.5. The number of hydrogen-bond acceptors (Lipinski definition) is 3. The van der Waals surface area contributed by atoms with Gasteiger partial charge in [-0.3, -0.25) is 9.59 Å². The van der Waals surface area contributed by atoms with Crippen LogP contribution in [0.2, 0.25) is 0 Å². The Kier molecular flexibility index (Phi) is 5.10. The average molecular weight is 364 g/mol. The number of nitrogens with zero attached hydrogens (tertiary/aromatic N) is 1. The van der Waals surface area contributed by atoms with Crippen molar-refractivity contribution in [2.24, 2.45) is 5.92 Å². The van der Waals surface area contributed by atoms with Crippen LogP contribution in [-0.2, 0) is 11.3 Å². The second-order valence-electron chi connectivity index (χ2n) is 7.28. The maximum absolute atomic E-state index is 12.3. The summed E-state index contributed by atoms with van der Waals surface area (Å²) < 4.78 is 5.70. The first kappa shape index (κ1) is 17.6. The van der Waals surface area contributed by atoms with Gasteiger partial charge in [0.25, 0.3) is 5.91 Å². The molecule has 140 valence electrons. The predicted molar refractivity (Wildman–Crippen MR) is 104 cm³/mol. The summed E-state index contributed by atoms with van der Waals surface area (Å²) in [4.78, 5) is 25.9. The summed E-state index contributed by atoms with van der Waals surface area (Å²) in [7, 11) is 0. The normalized spacial score (nSPS) is 16.4. The Morgan fingerprint density at radius 1 is 1.07 bits per heavy atom. The van der Waals surface area contributed by atoms with Gasteiger partial charge >= 0.3 is 0 Å². The van der Waals surface area contributed by atoms with Gasteiger partial charge in [0, 0.05) is 30.8 Å². The molecule has 2 aromatic rings. The van der Waals surface area contributed by atoms with Crippen LogP contribution in [0.1, 0.15) is 41.6 Å². The monoisotopic (exact) mass is 364 g/mol. The molecule has 5 heteroatoms. The fraction of sp³-hybridized carbons (Fsp3) is 0.364. The third-order valence-corrected chi connectivity index (χ3v) is 5.07. The highest BCUT2D eigenvalue weighted by molar-refractivity contribution is 5.95. The summed E-state index contributed by atoms with van der Waals surface area (Å²) in [6, 6.07) is 15.1. The van der Waals surface area contributed by atoms with E-state index in [0.717, 1.165) is 36.6 Å². The molecule has 0 spiro atoms. The number of benzene rings is 2. The Labute approximate surface area is 159 Å². The molecule has 1 heterocycles. The van der Waals surface area contributed by atoms with Crippen molar-refractivity contribution >= 4 is 17.5 Å². The molecule has 1 N–H and O–H groups in total. The third-order valence-electron chi connectivity index (χ3n) is 5.07. The minimum Gasteiger partial charge on any atom is -0.493 e. The number of carbonyl (C=O) groups is 2. The van der Waals surface area contributed by atoms with Crippen LogP contribution >= 0.6 is 0 Å². The highest BCUT2D eigenvalue weighted by Gasteiger charge is 2.22. The molecule has 0 radical (unpaired) electrons. The molecule has 1 saturated heterocycles. The topological polar surface area (TPSA) is 58.6 Å². The van der Waals surface area contributed by atoms with Gasteiger partial charge in [0.1, 0.15) is 5.75 Å². The van der Waals surface area contributed by atoms with Crippen LogP contribution < -0.4 is 15.0 Å². The molecule has 0 aromatic heterocycles. The van der Waals surface area contributed by atoms with Gasteiger partial charge in [-0.05, 0) is 67.1 Å². The van der Waals surface area contributed by atoms with Crippen LogP contribution in [0.4, 0.5) is 5.69 Å². The molecule has 2 amide bonds. The van der Waals surface area contributed by atoms with Gasteiger partial charge in [-0.25, -0.2) is 0 Å². The number of carbonyl (C=O) groups excluding carboxylic acids is 2. The molecular weight excluding hydrogens is 340 g/mol. The van der Waals surface area contributed by atoms with Crippen LogP contribution in [0.25, 0.3) is 0 Å². The van der Waals surface area contributed by atoms with Gasteiger partial charge in [-0.1, -0.05) is 12.1 Å². The first-order chi connectivity index (χ1) is 13.2. The number of ether oxygens (including phenoxy) is 1. The summed E-state index contributed by atoms with van der Waals surface area (Å²) in [6.07, 6.45) is 4.06. The predicted octanol–water partition coefficient (Wildman–Crippen LogP) is 3.53. The Balaban J connectivity index is 1.28. The third kappa shape index (κ3) is 4.48. The molecule has 2 aromatic carbocycles. The molecule has 0 bridgehead atoms. The lowest BCUT2D eigenvalue weighted by molar-refractivity contribution is -0.117. The van der Waals surface area contributed by atoms with E-state index in [0.29, 0.717) is 24.4 Å². The molecule has 1 saturated carbocycles. The lowest BCUT2D eigenvalue weighted by Crippen LogP contribution is -2.24. The van der Waals surface area contributed by atoms with Crippen LogP contribution in [0.5, 0.6) is 5.75 Å². The maximum atomic E-state index is 12.3. The fourth-order valence-corrected chi connectivity index (χ4v) is 3.20. The Bertz CT molecular complexity index is 810. The summed E-state index contributed by atoms with van der Waals surface area (Å²) in [6.45, 7) is 2.01. The molecule has 0 unspecified atom stereocenters. The minimum atomic E-state index is -0.109. The molecule has 2 aliphatic rings. The molecule has 27 heavy (non-hydrogen) atoms. The first-order valence-corrected chi connectivity index (χ1v) is 9.59. The number of amides is 2. The van der Waals surface area contributed by atoms with Gasteiger partial charge < -0.3 is 15.0 Å². The van der Waals surface area contributed by atoms with E-state index in [9.17, 15) is 9.59 Å². The van der Waals surface area contributed by atoms with E-state index in [1.165, 1.54) is 12.8 Å². The number of nitrogens with one attached hydrogen (secondary N) is 1. The zero-order valence-electron chi connectivity index (χ0n) is 15.3. The lowest BCUT2D eigenvalue weighted by Gasteiger charge is -2.16. The van der Waals surface area contributed by atoms with E-state index < -0.39 is 0 Å². The van der Waals surface area contributed by atoms with Crippen molar-refractivity contribution in [3.8, 4) is 5.75 Å². The van der Waals surface area contributed by atoms with Gasteiger partial charge in [0.2, 0.25) is 5.91 Å². The zero-order chi connectivity index (χ0) is 18.6. The maximum Gasteiger partial charge on any atom is 0.251 e. The number of anilines is 1. The standard InChI is InChI=1S/C22H24N2O3/c25-21-2-1-13-24(21)19-9-5-16(6-10-19)14-23-22(26)18-7-11-20(12-8-18)27-15-17-3-4-17/h5-12,17H,1-4,13-15H2,(H,23,26). The van der Waals surface area contributed by atoms with Crippen molar-refractivity contribution in [1.82, 2.24) is 5.32 Å². The van der Waals surface area contributed by atoms with E-state index in [4.69, 9.17) is 4.74 Å². The van der Waals surface area contributed by atoms with Crippen LogP contribution in [0, 0.1) is 5.92 Å². The summed E-state index contributed by atoms with van der Waals surface area (Å²) in [5, 5.41) is 2.93. The van der Waals surface area contributed by atoms with Gasteiger partial charge in [0.15, 0.2) is 0 Å². The van der Waals surface area contributed by atoms with E-state index in [2.05, 4.69) is 5.32 Å². The van der Waals surface area contributed by atoms with Gasteiger partial charge in [0.05, 0.1) is 6.61 Å². The van der Waals surface area contributed by atoms with Crippen LogP contribution in [0.15, 0.2) is 48.5 Å². The molecular formula is C22H24N2O3. The van der Waals surface area contributed by atoms with Crippen molar-refractivity contribution in [3.05, 3.63) is 59.7 Å². The van der Waals surface area contributed by atoms with Crippen LogP contribution in [-0.4, -0.2) is 25.0 Å². The minimum absolute atomic E-state index is 0.109. The zero-order valence-corrected chi connectivity index (χ0v) is 15.3. The molecule has 2 fully saturated rings. The van der Waals surface area contributed by atoms with E-state index in [1.54, 1.807) is 12.1 Å². The SMILES string of the molecule is O=C(NCc1ccc(N2CCCC2=O)cc1)c1ccc(OCC2CC2)cc1. The van der Waals surface area contributed by atoms with Crippen molar-refractivity contribution < 1.29 is 14.3 Å². The Morgan fingerprint density at radius 2 is 1.81 bits per heavy atom. The molecule has 1 aliphatic heterocycles. The number of rotatable bonds is 7. The number of hydrogen-bond donors (Lipinski definition) is 1. The quantitative estimate of drug-likeness (QED) is 0.818. The molecule has 1 aliphatic carbocycles. The molecule has 0 atom stereocenters. The van der Waals surface area contributed by atoms with Gasteiger partial charge in [-0.2, -0.15) is 0 Å². The highest BCUT2D eigenvalue weighted by Crippen LogP contribution is 2.29. The molecule has 5 nitrogen and oxygen atoms in total. The Morgan fingerprint density at radius 3 is 2.44 bits per heavy atom. The van der Waals surface area contributed by atoms with E-state index in [-0.39, 0.29) is 11.8 Å². The lowest BCUT2D eigenvalue weighted by atomic mass is 10.1. The van der Waals surface area contributed by atoms with Crippen molar-refractivity contribution in [2.45, 2.75) is 32.2 Å². The van der Waals surface area contributed by atoms with Crippen molar-refractivity contribution in [2.75, 3.05) is 18.1 Å². The van der Waals surface area contributed by atoms with Gasteiger partial charge in [-0.15, -0.1) is 0 Å². The fourth-order valence-electron chi connectivity index (χ4n) is 3.20. The second kappa shape index (κ2) is 7.82. The summed E-state index contributed by atoms with van der Waals surface area (Å²) in [5.74, 6) is 1.59. The van der Waals surface area contributed by atoms with Crippen LogP contribution in [0.3, 0.4) is 0 Å². The van der Waals surface area contributed by atoms with Crippen molar-refractivity contribution in [3.63, 3.8) is 0 Å². The molecule has 4 rings (SSSR count). The summed E-state index contributed by atoms with van der Waals surface area (Å²) in [5.41, 5.74) is 2.55. The van der Waals surface area contributed by atoms with Crippen molar-refractivity contribution in [1.29, 1.82) is 0 Å². The smallest absolute Gasteiger partial charge is 0.251 e. The second-order valence-corrected chi connectivity index (χ2v) is 7.28.